The standard InChI is InChI=1S/C18H18N2O3/c1-4-9-22-18(21)14-10-15(13-7-5-11(2)6-8-13)19-17-16(14)12(3)20-23-17/h5-8,10H,4,9H2,1-3H3. The highest BCUT2D eigenvalue weighted by molar-refractivity contribution is 6.04. The molecule has 0 aliphatic carbocycles. The van der Waals surface area contributed by atoms with Crippen LogP contribution in [0.4, 0.5) is 0 Å². The highest BCUT2D eigenvalue weighted by Gasteiger charge is 2.20. The molecule has 5 heteroatoms. The normalized spacial score (nSPS) is 10.9. The van der Waals surface area contributed by atoms with Crippen molar-refractivity contribution < 1.29 is 14.1 Å². The van der Waals surface area contributed by atoms with Crippen LogP contribution < -0.4 is 0 Å². The number of pyridine rings is 1. The third-order valence-corrected chi connectivity index (χ3v) is 3.62. The molecule has 0 fully saturated rings. The van der Waals surface area contributed by atoms with Gasteiger partial charge in [0.25, 0.3) is 5.71 Å². The topological polar surface area (TPSA) is 65.2 Å². The molecule has 0 aliphatic heterocycles. The number of carbonyl (C=O) groups excluding carboxylic acids is 1. The SMILES string of the molecule is CCCOC(=O)c1cc(-c2ccc(C)cc2)nc2onc(C)c12. The van der Waals surface area contributed by atoms with E-state index in [4.69, 9.17) is 9.26 Å². The number of rotatable bonds is 4. The first kappa shape index (κ1) is 15.2. The minimum absolute atomic E-state index is 0.351. The van der Waals surface area contributed by atoms with E-state index in [2.05, 4.69) is 10.1 Å². The zero-order valence-corrected chi connectivity index (χ0v) is 13.4. The molecule has 0 N–H and O–H groups in total. The van der Waals surface area contributed by atoms with E-state index in [0.717, 1.165) is 17.5 Å². The monoisotopic (exact) mass is 310 g/mol. The van der Waals surface area contributed by atoms with E-state index >= 15 is 0 Å². The number of hydrogen-bond donors (Lipinski definition) is 0. The number of carbonyl (C=O) groups is 1. The number of esters is 1. The molecule has 3 rings (SSSR count). The molecule has 0 atom stereocenters. The van der Waals surface area contributed by atoms with Gasteiger partial charge in [-0.05, 0) is 26.3 Å². The zero-order valence-electron chi connectivity index (χ0n) is 13.4. The van der Waals surface area contributed by atoms with E-state index in [9.17, 15) is 4.79 Å². The molecule has 2 aromatic heterocycles. The third-order valence-electron chi connectivity index (χ3n) is 3.62. The Morgan fingerprint density at radius 3 is 2.65 bits per heavy atom. The molecule has 0 bridgehead atoms. The van der Waals surface area contributed by atoms with Crippen molar-refractivity contribution in [2.24, 2.45) is 0 Å². The third kappa shape index (κ3) is 2.95. The fourth-order valence-corrected chi connectivity index (χ4v) is 2.40. The van der Waals surface area contributed by atoms with Gasteiger partial charge in [0.1, 0.15) is 0 Å². The van der Waals surface area contributed by atoms with Gasteiger partial charge in [-0.2, -0.15) is 0 Å². The summed E-state index contributed by atoms with van der Waals surface area (Å²) in [6.45, 7) is 6.15. The summed E-state index contributed by atoms with van der Waals surface area (Å²) in [5, 5.41) is 4.54. The predicted molar refractivity (Wildman–Crippen MR) is 87.3 cm³/mol. The van der Waals surface area contributed by atoms with Crippen LogP contribution in [0.3, 0.4) is 0 Å². The van der Waals surface area contributed by atoms with Crippen molar-refractivity contribution in [2.75, 3.05) is 6.61 Å². The zero-order chi connectivity index (χ0) is 16.4. The molecule has 2 heterocycles. The summed E-state index contributed by atoms with van der Waals surface area (Å²) in [7, 11) is 0. The molecule has 0 spiro atoms. The second-order valence-corrected chi connectivity index (χ2v) is 5.51. The highest BCUT2D eigenvalue weighted by Crippen LogP contribution is 2.27. The van der Waals surface area contributed by atoms with E-state index in [-0.39, 0.29) is 5.97 Å². The lowest BCUT2D eigenvalue weighted by Gasteiger charge is -2.07. The van der Waals surface area contributed by atoms with Crippen molar-refractivity contribution in [3.8, 4) is 11.3 Å². The Bertz CT molecular complexity index is 851. The molecule has 118 valence electrons. The number of aromatic nitrogens is 2. The van der Waals surface area contributed by atoms with E-state index in [0.29, 0.717) is 34.7 Å². The smallest absolute Gasteiger partial charge is 0.339 e. The van der Waals surface area contributed by atoms with E-state index in [1.54, 1.807) is 13.0 Å². The lowest BCUT2D eigenvalue weighted by Crippen LogP contribution is -2.07. The summed E-state index contributed by atoms with van der Waals surface area (Å²) in [5.41, 5.74) is 4.16. The van der Waals surface area contributed by atoms with Crippen LogP contribution in [0.2, 0.25) is 0 Å². The fourth-order valence-electron chi connectivity index (χ4n) is 2.40. The van der Waals surface area contributed by atoms with Gasteiger partial charge in [-0.25, -0.2) is 9.78 Å². The van der Waals surface area contributed by atoms with E-state index in [1.807, 2.05) is 38.1 Å². The van der Waals surface area contributed by atoms with E-state index in [1.165, 1.54) is 0 Å². The van der Waals surface area contributed by atoms with Crippen LogP contribution in [-0.4, -0.2) is 22.7 Å². The summed E-state index contributed by atoms with van der Waals surface area (Å²) in [4.78, 5) is 16.9. The molecule has 0 aliphatic rings. The lowest BCUT2D eigenvalue weighted by atomic mass is 10.0. The summed E-state index contributed by atoms with van der Waals surface area (Å²) in [5.74, 6) is -0.376. The van der Waals surface area contributed by atoms with Gasteiger partial charge in [-0.3, -0.25) is 0 Å². The minimum atomic E-state index is -0.376. The molecular weight excluding hydrogens is 292 g/mol. The molecule has 23 heavy (non-hydrogen) atoms. The second kappa shape index (κ2) is 6.20. The average molecular weight is 310 g/mol. The van der Waals surface area contributed by atoms with Gasteiger partial charge in [0, 0.05) is 5.56 Å². The maximum atomic E-state index is 12.4. The number of aryl methyl sites for hydroxylation is 2. The van der Waals surface area contributed by atoms with Gasteiger partial charge in [0.2, 0.25) is 0 Å². The molecule has 0 saturated heterocycles. The Labute approximate surface area is 134 Å². The quantitative estimate of drug-likeness (QED) is 0.679. The van der Waals surface area contributed by atoms with Crippen LogP contribution in [-0.2, 0) is 4.74 Å². The van der Waals surface area contributed by atoms with Crippen LogP contribution in [0, 0.1) is 13.8 Å². The van der Waals surface area contributed by atoms with Crippen molar-refractivity contribution >= 4 is 17.1 Å². The van der Waals surface area contributed by atoms with Gasteiger partial charge in [0.05, 0.1) is 28.9 Å². The molecule has 5 nitrogen and oxygen atoms in total. The second-order valence-electron chi connectivity index (χ2n) is 5.51. The average Bonchev–Trinajstić information content (AvgIpc) is 2.94. The number of nitrogens with zero attached hydrogens (tertiary/aromatic N) is 2. The molecular formula is C18H18N2O3. The summed E-state index contributed by atoms with van der Waals surface area (Å²) >= 11 is 0. The number of hydrogen-bond acceptors (Lipinski definition) is 5. The minimum Gasteiger partial charge on any atom is -0.462 e. The maximum absolute atomic E-state index is 12.4. The largest absolute Gasteiger partial charge is 0.462 e. The Kier molecular flexibility index (Phi) is 4.10. The van der Waals surface area contributed by atoms with Crippen molar-refractivity contribution in [3.05, 3.63) is 47.2 Å². The molecule has 1 aromatic carbocycles. The van der Waals surface area contributed by atoms with Gasteiger partial charge >= 0.3 is 5.97 Å². The Morgan fingerprint density at radius 2 is 1.96 bits per heavy atom. The van der Waals surface area contributed by atoms with Crippen LogP contribution in [0.15, 0.2) is 34.9 Å². The molecule has 0 unspecified atom stereocenters. The number of ether oxygens (including phenoxy) is 1. The fraction of sp³-hybridized carbons (Fsp3) is 0.278. The van der Waals surface area contributed by atoms with Crippen molar-refractivity contribution in [2.45, 2.75) is 27.2 Å². The van der Waals surface area contributed by atoms with Crippen LogP contribution >= 0.6 is 0 Å². The van der Waals surface area contributed by atoms with E-state index < -0.39 is 0 Å². The summed E-state index contributed by atoms with van der Waals surface area (Å²) in [6, 6.07) is 9.68. The number of benzene rings is 1. The summed E-state index contributed by atoms with van der Waals surface area (Å²) < 4.78 is 10.5. The Hall–Kier alpha value is -2.69. The first-order chi connectivity index (χ1) is 11.1. The van der Waals surface area contributed by atoms with Crippen LogP contribution in [0.1, 0.15) is 35.0 Å². The first-order valence-corrected chi connectivity index (χ1v) is 7.61. The summed E-state index contributed by atoms with van der Waals surface area (Å²) in [6.07, 6.45) is 0.771. The number of fused-ring (bicyclic) bond motifs is 1. The maximum Gasteiger partial charge on any atom is 0.339 e. The molecule has 0 saturated carbocycles. The van der Waals surface area contributed by atoms with Gasteiger partial charge in [-0.15, -0.1) is 0 Å². The van der Waals surface area contributed by atoms with Crippen molar-refractivity contribution in [1.82, 2.24) is 10.1 Å². The van der Waals surface area contributed by atoms with Gasteiger partial charge in [0.15, 0.2) is 0 Å². The van der Waals surface area contributed by atoms with Crippen molar-refractivity contribution in [1.29, 1.82) is 0 Å². The highest BCUT2D eigenvalue weighted by atomic mass is 16.5. The van der Waals surface area contributed by atoms with Gasteiger partial charge < -0.3 is 9.26 Å². The lowest BCUT2D eigenvalue weighted by molar-refractivity contribution is 0.0507. The van der Waals surface area contributed by atoms with Crippen LogP contribution in [0.5, 0.6) is 0 Å². The van der Waals surface area contributed by atoms with Crippen molar-refractivity contribution in [3.63, 3.8) is 0 Å². The Balaban J connectivity index is 2.14. The molecule has 0 radical (unpaired) electrons. The van der Waals surface area contributed by atoms with Gasteiger partial charge in [-0.1, -0.05) is 41.9 Å². The molecule has 3 aromatic rings. The Morgan fingerprint density at radius 1 is 1.22 bits per heavy atom. The van der Waals surface area contributed by atoms with Crippen LogP contribution in [0.25, 0.3) is 22.4 Å². The predicted octanol–water partition coefficient (Wildman–Crippen LogP) is 4.07. The first-order valence-electron chi connectivity index (χ1n) is 7.61. The molecule has 0 amide bonds.